The van der Waals surface area contributed by atoms with Crippen molar-refractivity contribution in [3.05, 3.63) is 48.9 Å². The van der Waals surface area contributed by atoms with Gasteiger partial charge in [-0.05, 0) is 60.7 Å². The van der Waals surface area contributed by atoms with E-state index >= 15 is 0 Å². The number of rotatable bonds is 4. The topological polar surface area (TPSA) is 55.3 Å². The molecule has 5 unspecified atom stereocenters. The van der Waals surface area contributed by atoms with Crippen LogP contribution in [-0.4, -0.2) is 23.5 Å². The van der Waals surface area contributed by atoms with Crippen LogP contribution in [0.5, 0.6) is 0 Å². The molecule has 26 heavy (non-hydrogen) atoms. The van der Waals surface area contributed by atoms with Gasteiger partial charge < -0.3 is 16.4 Å². The van der Waals surface area contributed by atoms with Gasteiger partial charge in [0.15, 0.2) is 0 Å². The Kier molecular flexibility index (Phi) is 4.34. The van der Waals surface area contributed by atoms with E-state index in [9.17, 15) is 0 Å². The molecule has 142 valence electrons. The maximum absolute atomic E-state index is 6.80. The summed E-state index contributed by atoms with van der Waals surface area (Å²) in [6, 6.07) is 0.241. The maximum atomic E-state index is 6.80. The van der Waals surface area contributed by atoms with E-state index in [1.165, 1.54) is 25.7 Å². The molecule has 0 spiro atoms. The number of nitrogens with two attached hydrogens (primary N) is 2. The average molecular weight is 354 g/mol. The second-order valence-electron chi connectivity index (χ2n) is 9.78. The summed E-state index contributed by atoms with van der Waals surface area (Å²) in [5.41, 5.74) is 15.3. The van der Waals surface area contributed by atoms with Gasteiger partial charge in [-0.1, -0.05) is 51.3 Å². The normalized spacial score (nSPS) is 42.3. The summed E-state index contributed by atoms with van der Waals surface area (Å²) in [6.45, 7) is 14.3. The van der Waals surface area contributed by atoms with E-state index in [1.54, 1.807) is 0 Å². The van der Waals surface area contributed by atoms with E-state index in [0.29, 0.717) is 29.1 Å². The first-order chi connectivity index (χ1) is 12.3. The first-order valence-electron chi connectivity index (χ1n) is 10.3. The Bertz CT molecular complexity index is 658. The number of nitrogens with zero attached hydrogens (tertiary/aromatic N) is 1. The molecule has 0 amide bonds. The average Bonchev–Trinajstić information content (AvgIpc) is 2.96. The number of piperidine rings is 1. The van der Waals surface area contributed by atoms with E-state index in [0.717, 1.165) is 23.9 Å². The smallest absolute Gasteiger partial charge is 0.0714 e. The first-order valence-corrected chi connectivity index (χ1v) is 10.3. The number of hydrogen-bond acceptors (Lipinski definition) is 3. The van der Waals surface area contributed by atoms with E-state index < -0.39 is 0 Å². The Morgan fingerprint density at radius 2 is 1.96 bits per heavy atom. The lowest BCUT2D eigenvalue weighted by Gasteiger charge is -2.42. The Hall–Kier alpha value is -1.48. The second-order valence-corrected chi connectivity index (χ2v) is 9.78. The predicted octanol–water partition coefficient (Wildman–Crippen LogP) is 3.80. The summed E-state index contributed by atoms with van der Waals surface area (Å²) in [5, 5.41) is 0. The molecule has 4 N–H and O–H groups in total. The molecular formula is C23H35N3. The van der Waals surface area contributed by atoms with Crippen molar-refractivity contribution in [2.24, 2.45) is 46.5 Å². The molecule has 2 bridgehead atoms. The van der Waals surface area contributed by atoms with E-state index in [1.807, 2.05) is 0 Å². The Labute approximate surface area is 158 Å². The Morgan fingerprint density at radius 3 is 2.69 bits per heavy atom. The fraction of sp³-hybridized carbons (Fsp3) is 0.652. The lowest BCUT2D eigenvalue weighted by Crippen LogP contribution is -2.47. The largest absolute Gasteiger partial charge is 0.401 e. The van der Waals surface area contributed by atoms with Crippen molar-refractivity contribution in [1.29, 1.82) is 0 Å². The predicted molar refractivity (Wildman–Crippen MR) is 109 cm³/mol. The van der Waals surface area contributed by atoms with Crippen LogP contribution in [0.15, 0.2) is 48.9 Å². The summed E-state index contributed by atoms with van der Waals surface area (Å²) in [7, 11) is 0. The van der Waals surface area contributed by atoms with Gasteiger partial charge >= 0.3 is 0 Å². The van der Waals surface area contributed by atoms with E-state index in [4.69, 9.17) is 11.5 Å². The monoisotopic (exact) mass is 353 g/mol. The fourth-order valence-corrected chi connectivity index (χ4v) is 6.22. The first kappa shape index (κ1) is 17.9. The quantitative estimate of drug-likeness (QED) is 0.808. The van der Waals surface area contributed by atoms with Crippen molar-refractivity contribution >= 4 is 0 Å². The van der Waals surface area contributed by atoms with Crippen molar-refractivity contribution in [3.63, 3.8) is 0 Å². The van der Waals surface area contributed by atoms with Gasteiger partial charge in [-0.25, -0.2) is 0 Å². The van der Waals surface area contributed by atoms with Gasteiger partial charge in [0.1, 0.15) is 0 Å². The SMILES string of the molecule is C=C(N)C1[C@@H]2[C@H](CN1C(=C)C(N)C1CC3/C=C\C=CCC(C3)C1)C2(C)C. The summed E-state index contributed by atoms with van der Waals surface area (Å²) in [4.78, 5) is 2.40. The van der Waals surface area contributed by atoms with Crippen LogP contribution < -0.4 is 11.5 Å². The van der Waals surface area contributed by atoms with Crippen LogP contribution in [-0.2, 0) is 0 Å². The molecule has 4 rings (SSSR count). The van der Waals surface area contributed by atoms with Crippen molar-refractivity contribution < 1.29 is 0 Å². The Morgan fingerprint density at radius 1 is 1.19 bits per heavy atom. The van der Waals surface area contributed by atoms with Crippen LogP contribution in [0.4, 0.5) is 0 Å². The lowest BCUT2D eigenvalue weighted by molar-refractivity contribution is 0.176. The van der Waals surface area contributed by atoms with Crippen molar-refractivity contribution in [1.82, 2.24) is 4.90 Å². The molecule has 0 aromatic carbocycles. The van der Waals surface area contributed by atoms with Gasteiger partial charge in [0.25, 0.3) is 0 Å². The summed E-state index contributed by atoms with van der Waals surface area (Å²) in [6.07, 6.45) is 14.0. The van der Waals surface area contributed by atoms with Crippen molar-refractivity contribution in [3.8, 4) is 0 Å². The molecule has 3 aliphatic carbocycles. The third-order valence-electron chi connectivity index (χ3n) is 7.83. The molecule has 0 aromatic heterocycles. The molecular weight excluding hydrogens is 318 g/mol. The third-order valence-corrected chi connectivity index (χ3v) is 7.83. The standard InChI is InChI=1S/C23H35N3/c1-14(24)22-20-19(23(20,3)4)13-26(22)15(2)21(25)18-11-16-8-6-5-7-9-17(10-16)12-18/h5-8,16-22H,1-2,9-13,24-25H2,3-4H3/b7-5?,8-6-/t16?,17?,18?,19-,20-,21?,22?/m0/s1. The summed E-state index contributed by atoms with van der Waals surface area (Å²) in [5.74, 6) is 3.23. The maximum Gasteiger partial charge on any atom is 0.0714 e. The minimum absolute atomic E-state index is 0.0274. The highest BCUT2D eigenvalue weighted by molar-refractivity contribution is 5.28. The van der Waals surface area contributed by atoms with Gasteiger partial charge in [0, 0.05) is 24.0 Å². The van der Waals surface area contributed by atoms with Crippen LogP contribution in [0.25, 0.3) is 0 Å². The zero-order chi connectivity index (χ0) is 18.6. The molecule has 1 heterocycles. The van der Waals surface area contributed by atoms with E-state index in [2.05, 4.69) is 56.2 Å². The van der Waals surface area contributed by atoms with Gasteiger partial charge in [0.05, 0.1) is 6.04 Å². The van der Waals surface area contributed by atoms with Crippen LogP contribution in [0.3, 0.4) is 0 Å². The summed E-state index contributed by atoms with van der Waals surface area (Å²) >= 11 is 0. The van der Waals surface area contributed by atoms with Gasteiger partial charge in [0.2, 0.25) is 0 Å². The molecule has 3 fully saturated rings. The highest BCUT2D eigenvalue weighted by Crippen LogP contribution is 2.66. The van der Waals surface area contributed by atoms with E-state index in [-0.39, 0.29) is 12.1 Å². The van der Waals surface area contributed by atoms with Crippen LogP contribution in [0.1, 0.15) is 39.5 Å². The van der Waals surface area contributed by atoms with Crippen molar-refractivity contribution in [2.75, 3.05) is 6.54 Å². The second kappa shape index (κ2) is 6.30. The highest BCUT2D eigenvalue weighted by Gasteiger charge is 2.67. The highest BCUT2D eigenvalue weighted by atomic mass is 15.3. The minimum atomic E-state index is 0.0274. The van der Waals surface area contributed by atoms with Crippen LogP contribution in [0, 0.1) is 35.0 Å². The molecule has 1 saturated heterocycles. The van der Waals surface area contributed by atoms with Crippen LogP contribution in [0.2, 0.25) is 0 Å². The number of hydrogen-bond donors (Lipinski definition) is 2. The number of allylic oxidation sites excluding steroid dienone is 4. The van der Waals surface area contributed by atoms with Crippen LogP contribution >= 0.6 is 0 Å². The van der Waals surface area contributed by atoms with Gasteiger partial charge in [-0.15, -0.1) is 0 Å². The molecule has 1 aliphatic heterocycles. The van der Waals surface area contributed by atoms with Gasteiger partial charge in [-0.2, -0.15) is 0 Å². The number of likely N-dealkylation sites (tertiary alicyclic amines) is 1. The lowest BCUT2D eigenvalue weighted by atomic mass is 9.70. The molecule has 3 heteroatoms. The molecule has 4 aliphatic rings. The number of fused-ring (bicyclic) bond motifs is 3. The zero-order valence-electron chi connectivity index (χ0n) is 16.4. The zero-order valence-corrected chi connectivity index (χ0v) is 16.4. The minimum Gasteiger partial charge on any atom is -0.401 e. The van der Waals surface area contributed by atoms with Crippen molar-refractivity contribution in [2.45, 2.75) is 51.6 Å². The molecule has 3 nitrogen and oxygen atoms in total. The van der Waals surface area contributed by atoms with Gasteiger partial charge in [-0.3, -0.25) is 0 Å². The Balaban J connectivity index is 1.47. The summed E-state index contributed by atoms with van der Waals surface area (Å²) < 4.78 is 0. The molecule has 7 atom stereocenters. The fourth-order valence-electron chi connectivity index (χ4n) is 6.22. The third kappa shape index (κ3) is 2.85. The molecule has 0 aromatic rings. The molecule has 2 saturated carbocycles. The molecule has 0 radical (unpaired) electrons.